The van der Waals surface area contributed by atoms with Crippen LogP contribution in [-0.4, -0.2) is 26.8 Å². The lowest BCUT2D eigenvalue weighted by Gasteiger charge is -2.20. The van der Waals surface area contributed by atoms with E-state index in [2.05, 4.69) is 26.0 Å². The van der Waals surface area contributed by atoms with E-state index in [0.29, 0.717) is 17.4 Å². The van der Waals surface area contributed by atoms with E-state index in [4.69, 9.17) is 4.52 Å². The van der Waals surface area contributed by atoms with Gasteiger partial charge in [0.2, 0.25) is 0 Å². The Labute approximate surface area is 116 Å². The first-order valence-corrected chi connectivity index (χ1v) is 6.20. The number of aryl methyl sites for hydroxylation is 1. The average molecular weight is 275 g/mol. The quantitative estimate of drug-likeness (QED) is 0.892. The van der Waals surface area contributed by atoms with Crippen LogP contribution in [0.25, 0.3) is 0 Å². The largest absolute Gasteiger partial charge is 0.364 e. The maximum absolute atomic E-state index is 11.9. The molecule has 0 aliphatic rings. The lowest BCUT2D eigenvalue weighted by Crippen LogP contribution is -2.27. The number of nitrogens with one attached hydrogen (secondary N) is 2. The van der Waals surface area contributed by atoms with Crippen LogP contribution in [0.15, 0.2) is 22.7 Å². The number of hydrogen-bond acceptors (Lipinski definition) is 6. The smallest absolute Gasteiger partial charge is 0.277 e. The van der Waals surface area contributed by atoms with Crippen molar-refractivity contribution >= 4 is 17.5 Å². The summed E-state index contributed by atoms with van der Waals surface area (Å²) in [5, 5.41) is 17.3. The van der Waals surface area contributed by atoms with Crippen molar-refractivity contribution in [2.75, 3.05) is 10.6 Å². The fourth-order valence-corrected chi connectivity index (χ4v) is 1.51. The van der Waals surface area contributed by atoms with E-state index < -0.39 is 0 Å². The molecule has 0 aliphatic heterocycles. The Kier molecular flexibility index (Phi) is 3.69. The molecule has 2 N–H and O–H groups in total. The minimum atomic E-state index is -0.381. The number of hydrogen-bond donors (Lipinski definition) is 2. The van der Waals surface area contributed by atoms with Gasteiger partial charge < -0.3 is 15.2 Å². The van der Waals surface area contributed by atoms with Gasteiger partial charge in [-0.15, -0.1) is 10.2 Å². The van der Waals surface area contributed by atoms with Gasteiger partial charge >= 0.3 is 0 Å². The summed E-state index contributed by atoms with van der Waals surface area (Å²) in [6.45, 7) is 7.79. The third-order valence-electron chi connectivity index (χ3n) is 2.27. The summed E-state index contributed by atoms with van der Waals surface area (Å²) in [6.07, 6.45) is 0. The number of nitrogens with zero attached hydrogens (tertiary/aromatic N) is 3. The summed E-state index contributed by atoms with van der Waals surface area (Å²) in [7, 11) is 0. The van der Waals surface area contributed by atoms with Gasteiger partial charge in [-0.25, -0.2) is 0 Å². The van der Waals surface area contributed by atoms with E-state index in [1.807, 2.05) is 20.8 Å². The SMILES string of the molecule is Cc1cc(NC(=O)c2ccc(NC(C)(C)C)nn2)no1. The van der Waals surface area contributed by atoms with Gasteiger partial charge in [0.15, 0.2) is 11.5 Å². The van der Waals surface area contributed by atoms with Gasteiger partial charge in [-0.2, -0.15) is 0 Å². The minimum absolute atomic E-state index is 0.114. The van der Waals surface area contributed by atoms with Gasteiger partial charge in [0.05, 0.1) is 0 Å². The molecule has 7 heteroatoms. The van der Waals surface area contributed by atoms with Crippen molar-refractivity contribution in [2.24, 2.45) is 0 Å². The van der Waals surface area contributed by atoms with Crippen LogP contribution in [-0.2, 0) is 0 Å². The molecule has 0 atom stereocenters. The van der Waals surface area contributed by atoms with Crippen LogP contribution in [0.5, 0.6) is 0 Å². The maximum atomic E-state index is 11.9. The zero-order chi connectivity index (χ0) is 14.8. The molecule has 0 radical (unpaired) electrons. The molecule has 0 unspecified atom stereocenters. The van der Waals surface area contributed by atoms with Gasteiger partial charge in [0.25, 0.3) is 5.91 Å². The van der Waals surface area contributed by atoms with Crippen LogP contribution in [0.3, 0.4) is 0 Å². The summed E-state index contributed by atoms with van der Waals surface area (Å²) in [6, 6.07) is 4.94. The van der Waals surface area contributed by atoms with Gasteiger partial charge in [0.1, 0.15) is 11.6 Å². The highest BCUT2D eigenvalue weighted by atomic mass is 16.5. The number of anilines is 2. The fourth-order valence-electron chi connectivity index (χ4n) is 1.51. The maximum Gasteiger partial charge on any atom is 0.277 e. The first kappa shape index (κ1) is 14.0. The van der Waals surface area contributed by atoms with Gasteiger partial charge in [0, 0.05) is 11.6 Å². The standard InChI is InChI=1S/C13H17N5O2/c1-8-7-11(18-20-8)14-12(19)9-5-6-10(17-16-9)15-13(2,3)4/h5-7H,1-4H3,(H,15,17)(H,14,18,19). The van der Waals surface area contributed by atoms with Crippen LogP contribution in [0.4, 0.5) is 11.6 Å². The van der Waals surface area contributed by atoms with Crippen LogP contribution < -0.4 is 10.6 Å². The lowest BCUT2D eigenvalue weighted by molar-refractivity contribution is 0.102. The first-order valence-electron chi connectivity index (χ1n) is 6.20. The number of rotatable bonds is 3. The molecular weight excluding hydrogens is 258 g/mol. The van der Waals surface area contributed by atoms with E-state index in [0.717, 1.165) is 0 Å². The van der Waals surface area contributed by atoms with Gasteiger partial charge in [-0.05, 0) is 39.8 Å². The Bertz CT molecular complexity index is 598. The molecule has 0 saturated heterocycles. The Morgan fingerprint density at radius 2 is 1.95 bits per heavy atom. The van der Waals surface area contributed by atoms with Gasteiger partial charge in [-0.3, -0.25) is 4.79 Å². The highest BCUT2D eigenvalue weighted by Crippen LogP contribution is 2.12. The molecule has 2 aromatic heterocycles. The summed E-state index contributed by atoms with van der Waals surface area (Å²) in [5.74, 6) is 1.21. The summed E-state index contributed by atoms with van der Waals surface area (Å²) in [4.78, 5) is 11.9. The molecule has 106 valence electrons. The molecule has 2 heterocycles. The number of amides is 1. The minimum Gasteiger partial charge on any atom is -0.364 e. The predicted octanol–water partition coefficient (Wildman–Crippen LogP) is 2.24. The zero-order valence-corrected chi connectivity index (χ0v) is 11.9. The van der Waals surface area contributed by atoms with E-state index >= 15 is 0 Å². The Hall–Kier alpha value is -2.44. The molecule has 0 aliphatic carbocycles. The number of aromatic nitrogens is 3. The molecule has 2 aromatic rings. The first-order chi connectivity index (χ1) is 9.33. The van der Waals surface area contributed by atoms with Crippen molar-refractivity contribution in [3.63, 3.8) is 0 Å². The van der Waals surface area contributed by atoms with E-state index in [-0.39, 0.29) is 17.1 Å². The third kappa shape index (κ3) is 3.78. The molecule has 20 heavy (non-hydrogen) atoms. The van der Waals surface area contributed by atoms with Crippen LogP contribution >= 0.6 is 0 Å². The van der Waals surface area contributed by atoms with E-state index in [1.165, 1.54) is 0 Å². The number of carbonyl (C=O) groups is 1. The second-order valence-electron chi connectivity index (χ2n) is 5.46. The predicted molar refractivity (Wildman–Crippen MR) is 74.6 cm³/mol. The van der Waals surface area contributed by atoms with Crippen LogP contribution in [0, 0.1) is 6.92 Å². The normalized spacial score (nSPS) is 11.2. The van der Waals surface area contributed by atoms with Crippen LogP contribution in [0.2, 0.25) is 0 Å². The Balaban J connectivity index is 2.04. The average Bonchev–Trinajstić information content (AvgIpc) is 2.73. The Morgan fingerprint density at radius 1 is 1.20 bits per heavy atom. The van der Waals surface area contributed by atoms with E-state index in [1.54, 1.807) is 25.1 Å². The summed E-state index contributed by atoms with van der Waals surface area (Å²) < 4.78 is 4.86. The summed E-state index contributed by atoms with van der Waals surface area (Å²) >= 11 is 0. The highest BCUT2D eigenvalue weighted by Gasteiger charge is 2.13. The van der Waals surface area contributed by atoms with Gasteiger partial charge in [-0.1, -0.05) is 5.16 Å². The molecule has 0 fully saturated rings. The topological polar surface area (TPSA) is 92.9 Å². The molecule has 0 aromatic carbocycles. The fraction of sp³-hybridized carbons (Fsp3) is 0.385. The third-order valence-corrected chi connectivity index (χ3v) is 2.27. The van der Waals surface area contributed by atoms with Crippen molar-refractivity contribution in [1.82, 2.24) is 15.4 Å². The molecule has 0 spiro atoms. The monoisotopic (exact) mass is 275 g/mol. The molecule has 0 bridgehead atoms. The van der Waals surface area contributed by atoms with Crippen LogP contribution in [0.1, 0.15) is 37.0 Å². The van der Waals surface area contributed by atoms with Crippen molar-refractivity contribution in [3.05, 3.63) is 29.7 Å². The van der Waals surface area contributed by atoms with Crippen molar-refractivity contribution in [3.8, 4) is 0 Å². The second kappa shape index (κ2) is 5.28. The Morgan fingerprint density at radius 3 is 2.45 bits per heavy atom. The lowest BCUT2D eigenvalue weighted by atomic mass is 10.1. The molecule has 7 nitrogen and oxygen atoms in total. The highest BCUT2D eigenvalue weighted by molar-refractivity contribution is 6.02. The van der Waals surface area contributed by atoms with Crippen molar-refractivity contribution in [1.29, 1.82) is 0 Å². The van der Waals surface area contributed by atoms with E-state index in [9.17, 15) is 4.79 Å². The molecule has 1 amide bonds. The summed E-state index contributed by atoms with van der Waals surface area (Å²) in [5.41, 5.74) is 0.0987. The molecule has 2 rings (SSSR count). The molecule has 0 saturated carbocycles. The molecular formula is C13H17N5O2. The zero-order valence-electron chi connectivity index (χ0n) is 11.9. The second-order valence-corrected chi connectivity index (χ2v) is 5.46. The number of carbonyl (C=O) groups excluding carboxylic acids is 1. The van der Waals surface area contributed by atoms with Crippen molar-refractivity contribution in [2.45, 2.75) is 33.2 Å². The van der Waals surface area contributed by atoms with Crippen molar-refractivity contribution < 1.29 is 9.32 Å².